The van der Waals surface area contributed by atoms with Gasteiger partial charge >= 0.3 is 29.6 Å². The number of nitriles is 1. The van der Waals surface area contributed by atoms with Gasteiger partial charge in [0.2, 0.25) is 5.91 Å². The summed E-state index contributed by atoms with van der Waals surface area (Å²) in [6, 6.07) is 0. The van der Waals surface area contributed by atoms with E-state index in [1.54, 1.807) is 6.92 Å². The molecular formula is C4H7N2NaO. The molecule has 0 bridgehead atoms. The van der Waals surface area contributed by atoms with Crippen molar-refractivity contribution in [1.82, 2.24) is 5.32 Å². The number of nitrogens with zero attached hydrogens (tertiary/aromatic N) is 1. The van der Waals surface area contributed by atoms with Gasteiger partial charge in [0, 0.05) is 6.42 Å². The molecule has 0 aliphatic rings. The Bertz CT molecular complexity index is 107. The van der Waals surface area contributed by atoms with Crippen LogP contribution in [0, 0.1) is 11.5 Å². The van der Waals surface area contributed by atoms with Gasteiger partial charge in [0.05, 0.1) is 0 Å². The first-order valence-electron chi connectivity index (χ1n) is 1.99. The summed E-state index contributed by atoms with van der Waals surface area (Å²) in [5.74, 6) is -0.234. The Morgan fingerprint density at radius 2 is 2.38 bits per heavy atom. The summed E-state index contributed by atoms with van der Waals surface area (Å²) in [4.78, 5) is 10.1. The molecule has 1 amide bonds. The van der Waals surface area contributed by atoms with E-state index in [4.69, 9.17) is 5.26 Å². The van der Waals surface area contributed by atoms with E-state index in [1.807, 2.05) is 5.32 Å². The molecule has 8 heavy (non-hydrogen) atoms. The van der Waals surface area contributed by atoms with E-state index in [2.05, 4.69) is 0 Å². The zero-order chi connectivity index (χ0) is 5.70. The molecule has 40 valence electrons. The molecule has 0 fully saturated rings. The van der Waals surface area contributed by atoms with Crippen LogP contribution in [0.25, 0.3) is 0 Å². The van der Waals surface area contributed by atoms with E-state index in [0.29, 0.717) is 6.42 Å². The van der Waals surface area contributed by atoms with Gasteiger partial charge in [0.1, 0.15) is 0 Å². The van der Waals surface area contributed by atoms with Gasteiger partial charge in [-0.2, -0.15) is 5.26 Å². The van der Waals surface area contributed by atoms with Crippen molar-refractivity contribution in [2.45, 2.75) is 13.3 Å². The third kappa shape index (κ3) is 5.96. The van der Waals surface area contributed by atoms with E-state index in [0.717, 1.165) is 0 Å². The van der Waals surface area contributed by atoms with Gasteiger partial charge < -0.3 is 0 Å². The Labute approximate surface area is 70.4 Å². The number of carbonyl (C=O) groups excluding carboxylic acids is 1. The van der Waals surface area contributed by atoms with Crippen LogP contribution in [0.5, 0.6) is 0 Å². The van der Waals surface area contributed by atoms with Crippen LogP contribution < -0.4 is 5.32 Å². The van der Waals surface area contributed by atoms with Gasteiger partial charge in [-0.15, -0.1) is 0 Å². The maximum absolute atomic E-state index is 10.1. The average molecular weight is 122 g/mol. The van der Waals surface area contributed by atoms with Gasteiger partial charge in [-0.05, 0) is 0 Å². The Morgan fingerprint density at radius 1 is 1.88 bits per heavy atom. The third-order valence-electron chi connectivity index (χ3n) is 0.516. The van der Waals surface area contributed by atoms with E-state index in [9.17, 15) is 4.79 Å². The quantitative estimate of drug-likeness (QED) is 0.285. The monoisotopic (exact) mass is 122 g/mol. The van der Waals surface area contributed by atoms with Gasteiger partial charge in [-0.1, -0.05) is 6.92 Å². The van der Waals surface area contributed by atoms with Gasteiger partial charge in [0.15, 0.2) is 6.19 Å². The van der Waals surface area contributed by atoms with Crippen molar-refractivity contribution in [3.63, 3.8) is 0 Å². The van der Waals surface area contributed by atoms with Crippen molar-refractivity contribution in [1.29, 1.82) is 5.26 Å². The first kappa shape index (κ1) is 10.9. The number of hydrogen-bond acceptors (Lipinski definition) is 2. The molecule has 0 atom stereocenters. The summed E-state index contributed by atoms with van der Waals surface area (Å²) >= 11 is 0. The standard InChI is InChI=1S/C4H6N2O.Na.H/c1-2-4(7)6-3-5;;/h2H2,1H3,(H,6,7);;. The summed E-state index contributed by atoms with van der Waals surface area (Å²) in [5, 5.41) is 9.75. The minimum absolute atomic E-state index is 0. The van der Waals surface area contributed by atoms with Crippen LogP contribution in [-0.4, -0.2) is 35.5 Å². The first-order chi connectivity index (χ1) is 3.31. The molecule has 0 rings (SSSR count). The third-order valence-corrected chi connectivity index (χ3v) is 0.516. The molecule has 4 heteroatoms. The molecule has 3 nitrogen and oxygen atoms in total. The zero-order valence-corrected chi connectivity index (χ0v) is 4.06. The predicted molar refractivity (Wildman–Crippen MR) is 31.2 cm³/mol. The van der Waals surface area contributed by atoms with E-state index in [-0.39, 0.29) is 35.5 Å². The zero-order valence-electron chi connectivity index (χ0n) is 4.06. The first-order valence-corrected chi connectivity index (χ1v) is 1.99. The molecule has 0 radical (unpaired) electrons. The fraction of sp³-hybridized carbons (Fsp3) is 0.500. The molecule has 0 aliphatic carbocycles. The number of nitrogens with one attached hydrogen (secondary N) is 1. The summed E-state index contributed by atoms with van der Waals surface area (Å²) < 4.78 is 0. The second kappa shape index (κ2) is 6.96. The number of carbonyl (C=O) groups is 1. The number of hydrogen-bond donors (Lipinski definition) is 1. The van der Waals surface area contributed by atoms with Crippen molar-refractivity contribution >= 4 is 35.5 Å². The molecule has 0 unspecified atom stereocenters. The molecule has 1 N–H and O–H groups in total. The number of amides is 1. The van der Waals surface area contributed by atoms with Crippen molar-refractivity contribution < 1.29 is 4.79 Å². The van der Waals surface area contributed by atoms with Crippen molar-refractivity contribution in [2.24, 2.45) is 0 Å². The topological polar surface area (TPSA) is 52.9 Å². The molecular weight excluding hydrogens is 115 g/mol. The average Bonchev–Trinajstić information content (AvgIpc) is 1.68. The van der Waals surface area contributed by atoms with Crippen molar-refractivity contribution in [3.8, 4) is 6.19 Å². The van der Waals surface area contributed by atoms with Crippen LogP contribution in [0.4, 0.5) is 0 Å². The van der Waals surface area contributed by atoms with E-state index in [1.165, 1.54) is 6.19 Å². The van der Waals surface area contributed by atoms with Crippen LogP contribution in [0.15, 0.2) is 0 Å². The van der Waals surface area contributed by atoms with E-state index < -0.39 is 0 Å². The fourth-order valence-corrected chi connectivity index (χ4v) is 0.151. The summed E-state index contributed by atoms with van der Waals surface area (Å²) in [5.41, 5.74) is 0. The Morgan fingerprint density at radius 3 is 2.50 bits per heavy atom. The summed E-state index contributed by atoms with van der Waals surface area (Å²) in [6.45, 7) is 1.69. The SMILES string of the molecule is CCC(=O)NC#N.[NaH]. The summed E-state index contributed by atoms with van der Waals surface area (Å²) in [7, 11) is 0. The van der Waals surface area contributed by atoms with Gasteiger partial charge in [-0.3, -0.25) is 10.1 Å². The van der Waals surface area contributed by atoms with Crippen LogP contribution in [0.1, 0.15) is 13.3 Å². The second-order valence-corrected chi connectivity index (χ2v) is 1.01. The van der Waals surface area contributed by atoms with Crippen molar-refractivity contribution in [3.05, 3.63) is 0 Å². The molecule has 0 aromatic carbocycles. The number of rotatable bonds is 1. The fourth-order valence-electron chi connectivity index (χ4n) is 0.151. The van der Waals surface area contributed by atoms with Gasteiger partial charge in [0.25, 0.3) is 0 Å². The normalized spacial score (nSPS) is 6.00. The minimum atomic E-state index is -0.234. The van der Waals surface area contributed by atoms with Crippen LogP contribution in [0.3, 0.4) is 0 Å². The molecule has 0 aromatic rings. The summed E-state index contributed by atoms with van der Waals surface area (Å²) in [6.07, 6.45) is 1.89. The molecule has 0 heterocycles. The molecule has 0 spiro atoms. The van der Waals surface area contributed by atoms with E-state index >= 15 is 0 Å². The van der Waals surface area contributed by atoms with Crippen LogP contribution in [-0.2, 0) is 4.79 Å². The maximum atomic E-state index is 10.1. The Kier molecular flexibility index (Phi) is 9.44. The van der Waals surface area contributed by atoms with Crippen LogP contribution >= 0.6 is 0 Å². The van der Waals surface area contributed by atoms with Crippen molar-refractivity contribution in [2.75, 3.05) is 0 Å². The Hall–Kier alpha value is -0.0400. The Balaban J connectivity index is 0. The predicted octanol–water partition coefficient (Wildman–Crippen LogP) is -0.655. The van der Waals surface area contributed by atoms with Crippen LogP contribution in [0.2, 0.25) is 0 Å². The van der Waals surface area contributed by atoms with Gasteiger partial charge in [-0.25, -0.2) is 0 Å². The molecule has 0 aromatic heterocycles. The molecule has 0 aliphatic heterocycles. The molecule has 0 saturated carbocycles. The molecule has 0 saturated heterocycles. The second-order valence-electron chi connectivity index (χ2n) is 1.01.